The number of amides is 1. The molecule has 0 spiro atoms. The second-order valence-corrected chi connectivity index (χ2v) is 3.86. The predicted molar refractivity (Wildman–Crippen MR) is 63.6 cm³/mol. The van der Waals surface area contributed by atoms with Gasteiger partial charge in [0.1, 0.15) is 18.0 Å². The first-order chi connectivity index (χ1) is 8.43. The molecular formula is C12H15NO5. The molecule has 0 bridgehead atoms. The minimum Gasteiger partial charge on any atom is -0.508 e. The molecule has 0 saturated heterocycles. The van der Waals surface area contributed by atoms with E-state index in [4.69, 9.17) is 5.11 Å². The van der Waals surface area contributed by atoms with Crippen LogP contribution in [0.15, 0.2) is 18.2 Å². The average molecular weight is 253 g/mol. The van der Waals surface area contributed by atoms with Crippen molar-refractivity contribution in [1.82, 2.24) is 4.90 Å². The van der Waals surface area contributed by atoms with Crippen LogP contribution >= 0.6 is 0 Å². The first-order valence-electron chi connectivity index (χ1n) is 5.48. The maximum atomic E-state index is 12.0. The zero-order valence-electron chi connectivity index (χ0n) is 9.96. The van der Waals surface area contributed by atoms with Crippen molar-refractivity contribution in [3.63, 3.8) is 0 Å². The molecule has 0 unspecified atom stereocenters. The molecular weight excluding hydrogens is 238 g/mol. The maximum absolute atomic E-state index is 12.0. The van der Waals surface area contributed by atoms with Crippen molar-refractivity contribution < 1.29 is 24.9 Å². The molecule has 1 rings (SSSR count). The van der Waals surface area contributed by atoms with Crippen LogP contribution in [0.1, 0.15) is 23.7 Å². The van der Waals surface area contributed by atoms with Gasteiger partial charge in [0.15, 0.2) is 0 Å². The fraction of sp³-hybridized carbons (Fsp3) is 0.333. The summed E-state index contributed by atoms with van der Waals surface area (Å²) in [6.45, 7) is 1.70. The van der Waals surface area contributed by atoms with E-state index in [0.717, 1.165) is 11.0 Å². The van der Waals surface area contributed by atoms with Crippen molar-refractivity contribution >= 4 is 11.9 Å². The number of phenolic OH excluding ortho intramolecular Hbond substituents is 2. The average Bonchev–Trinajstić information content (AvgIpc) is 2.25. The van der Waals surface area contributed by atoms with Gasteiger partial charge in [-0.2, -0.15) is 0 Å². The Morgan fingerprint density at radius 1 is 1.17 bits per heavy atom. The summed E-state index contributed by atoms with van der Waals surface area (Å²) in [7, 11) is 0. The molecule has 0 atom stereocenters. The second-order valence-electron chi connectivity index (χ2n) is 3.86. The third-order valence-corrected chi connectivity index (χ3v) is 2.26. The number of carboxylic acid groups (broad SMARTS) is 1. The van der Waals surface area contributed by atoms with Crippen molar-refractivity contribution in [2.24, 2.45) is 0 Å². The number of carbonyl (C=O) groups is 2. The van der Waals surface area contributed by atoms with E-state index in [1.807, 2.05) is 6.92 Å². The molecule has 0 heterocycles. The molecule has 0 saturated carbocycles. The SMILES string of the molecule is CCCN(CC(=O)O)C(=O)c1cc(O)cc(O)c1. The fourth-order valence-electron chi connectivity index (χ4n) is 1.59. The number of benzene rings is 1. The van der Waals surface area contributed by atoms with Crippen LogP contribution in [-0.2, 0) is 4.79 Å². The van der Waals surface area contributed by atoms with Gasteiger partial charge in [-0.15, -0.1) is 0 Å². The molecule has 1 aromatic rings. The topological polar surface area (TPSA) is 98.1 Å². The fourth-order valence-corrected chi connectivity index (χ4v) is 1.59. The van der Waals surface area contributed by atoms with Crippen LogP contribution in [0, 0.1) is 0 Å². The van der Waals surface area contributed by atoms with E-state index in [-0.39, 0.29) is 17.1 Å². The maximum Gasteiger partial charge on any atom is 0.323 e. The van der Waals surface area contributed by atoms with Gasteiger partial charge in [0.2, 0.25) is 0 Å². The van der Waals surface area contributed by atoms with Crippen LogP contribution in [-0.4, -0.2) is 45.2 Å². The molecule has 0 aliphatic rings. The highest BCUT2D eigenvalue weighted by Gasteiger charge is 2.18. The lowest BCUT2D eigenvalue weighted by Crippen LogP contribution is -2.36. The van der Waals surface area contributed by atoms with E-state index in [9.17, 15) is 19.8 Å². The third kappa shape index (κ3) is 3.65. The third-order valence-electron chi connectivity index (χ3n) is 2.26. The molecule has 3 N–H and O–H groups in total. The Bertz CT molecular complexity index is 438. The normalized spacial score (nSPS) is 10.1. The Morgan fingerprint density at radius 2 is 1.72 bits per heavy atom. The zero-order valence-corrected chi connectivity index (χ0v) is 9.96. The number of phenols is 2. The van der Waals surface area contributed by atoms with E-state index in [0.29, 0.717) is 13.0 Å². The highest BCUT2D eigenvalue weighted by atomic mass is 16.4. The zero-order chi connectivity index (χ0) is 13.7. The summed E-state index contributed by atoms with van der Waals surface area (Å²) in [5.74, 6) is -2.14. The van der Waals surface area contributed by atoms with Gasteiger partial charge < -0.3 is 20.2 Å². The Morgan fingerprint density at radius 3 is 2.17 bits per heavy atom. The van der Waals surface area contributed by atoms with Gasteiger partial charge in [0.25, 0.3) is 5.91 Å². The van der Waals surface area contributed by atoms with Crippen molar-refractivity contribution in [3.05, 3.63) is 23.8 Å². The van der Waals surface area contributed by atoms with E-state index in [1.165, 1.54) is 12.1 Å². The highest BCUT2D eigenvalue weighted by Crippen LogP contribution is 2.21. The number of hydrogen-bond acceptors (Lipinski definition) is 4. The molecule has 6 nitrogen and oxygen atoms in total. The number of rotatable bonds is 5. The number of aliphatic carboxylic acids is 1. The van der Waals surface area contributed by atoms with Crippen LogP contribution in [0.2, 0.25) is 0 Å². The summed E-state index contributed by atoms with van der Waals surface area (Å²) in [6, 6.07) is 3.47. The van der Waals surface area contributed by atoms with Gasteiger partial charge in [0.05, 0.1) is 0 Å². The molecule has 0 radical (unpaired) electrons. The standard InChI is InChI=1S/C12H15NO5/c1-2-3-13(7-11(16)17)12(18)8-4-9(14)6-10(15)5-8/h4-6,14-15H,2-3,7H2,1H3,(H,16,17). The first-order valence-corrected chi connectivity index (χ1v) is 5.48. The van der Waals surface area contributed by atoms with Crippen molar-refractivity contribution in [2.75, 3.05) is 13.1 Å². The number of carbonyl (C=O) groups excluding carboxylic acids is 1. The number of carboxylic acids is 1. The summed E-state index contributed by atoms with van der Waals surface area (Å²) < 4.78 is 0. The lowest BCUT2D eigenvalue weighted by atomic mass is 10.1. The van der Waals surface area contributed by atoms with Crippen LogP contribution in [0.25, 0.3) is 0 Å². The molecule has 98 valence electrons. The highest BCUT2D eigenvalue weighted by molar-refractivity contribution is 5.96. The summed E-state index contributed by atoms with van der Waals surface area (Å²) in [5.41, 5.74) is 0.0576. The lowest BCUT2D eigenvalue weighted by Gasteiger charge is -2.20. The lowest BCUT2D eigenvalue weighted by molar-refractivity contribution is -0.137. The predicted octanol–water partition coefficient (Wildman–Crippen LogP) is 1.03. The smallest absolute Gasteiger partial charge is 0.323 e. The first kappa shape index (κ1) is 13.8. The van der Waals surface area contributed by atoms with Crippen molar-refractivity contribution in [2.45, 2.75) is 13.3 Å². The van der Waals surface area contributed by atoms with Crippen LogP contribution in [0.4, 0.5) is 0 Å². The van der Waals surface area contributed by atoms with Crippen LogP contribution < -0.4 is 0 Å². The Labute approximate surface area is 104 Å². The van der Waals surface area contributed by atoms with Crippen molar-refractivity contribution in [1.29, 1.82) is 0 Å². The number of hydrogen-bond donors (Lipinski definition) is 3. The summed E-state index contributed by atoms with van der Waals surface area (Å²) in [5, 5.41) is 27.3. The van der Waals surface area contributed by atoms with Gasteiger partial charge in [-0.25, -0.2) is 0 Å². The molecule has 18 heavy (non-hydrogen) atoms. The van der Waals surface area contributed by atoms with Gasteiger partial charge in [-0.3, -0.25) is 9.59 Å². The molecule has 1 amide bonds. The molecule has 1 aromatic carbocycles. The summed E-state index contributed by atoms with van der Waals surface area (Å²) in [6.07, 6.45) is 0.615. The minimum atomic E-state index is -1.11. The largest absolute Gasteiger partial charge is 0.508 e. The molecule has 0 fully saturated rings. The van der Waals surface area contributed by atoms with Gasteiger partial charge in [0, 0.05) is 18.2 Å². The van der Waals surface area contributed by atoms with Gasteiger partial charge in [-0.05, 0) is 18.6 Å². The Balaban J connectivity index is 2.97. The quantitative estimate of drug-likeness (QED) is 0.728. The molecule has 6 heteroatoms. The minimum absolute atomic E-state index is 0.0576. The van der Waals surface area contributed by atoms with E-state index >= 15 is 0 Å². The molecule has 0 aliphatic carbocycles. The summed E-state index contributed by atoms with van der Waals surface area (Å²) >= 11 is 0. The molecule has 0 aromatic heterocycles. The Kier molecular flexibility index (Phi) is 4.53. The summed E-state index contributed by atoms with van der Waals surface area (Å²) in [4.78, 5) is 23.8. The number of aromatic hydroxyl groups is 2. The van der Waals surface area contributed by atoms with E-state index in [2.05, 4.69) is 0 Å². The second kappa shape index (κ2) is 5.90. The van der Waals surface area contributed by atoms with E-state index < -0.39 is 18.4 Å². The number of nitrogens with zero attached hydrogens (tertiary/aromatic N) is 1. The van der Waals surface area contributed by atoms with Gasteiger partial charge in [-0.1, -0.05) is 6.92 Å². The van der Waals surface area contributed by atoms with Crippen molar-refractivity contribution in [3.8, 4) is 11.5 Å². The molecule has 0 aliphatic heterocycles. The van der Waals surface area contributed by atoms with Crippen LogP contribution in [0.5, 0.6) is 11.5 Å². The van der Waals surface area contributed by atoms with E-state index in [1.54, 1.807) is 0 Å². The Hall–Kier alpha value is -2.24. The van der Waals surface area contributed by atoms with Gasteiger partial charge >= 0.3 is 5.97 Å². The monoisotopic (exact) mass is 253 g/mol. The van der Waals surface area contributed by atoms with Crippen LogP contribution in [0.3, 0.4) is 0 Å².